The van der Waals surface area contributed by atoms with Crippen molar-refractivity contribution in [3.8, 4) is 0 Å². The van der Waals surface area contributed by atoms with Gasteiger partial charge < -0.3 is 10.3 Å². The Morgan fingerprint density at radius 3 is 2.59 bits per heavy atom. The molecule has 2 N–H and O–H groups in total. The van der Waals surface area contributed by atoms with Gasteiger partial charge in [0, 0.05) is 23.1 Å². The monoisotopic (exact) mass is 230 g/mol. The van der Waals surface area contributed by atoms with Gasteiger partial charge in [0.05, 0.1) is 0 Å². The zero-order chi connectivity index (χ0) is 12.5. The molecule has 1 aromatic heterocycles. The molecule has 0 aliphatic carbocycles. The number of fused-ring (bicyclic) bond motifs is 1. The van der Waals surface area contributed by atoms with Gasteiger partial charge in [-0.2, -0.15) is 0 Å². The van der Waals surface area contributed by atoms with E-state index >= 15 is 0 Å². The molecule has 0 aliphatic heterocycles. The van der Waals surface area contributed by atoms with Crippen molar-refractivity contribution in [2.24, 2.45) is 5.41 Å². The SMILES string of the molecule is CNC(Cc1c[nH]c2ccccc12)C(C)(C)C. The number of nitrogens with one attached hydrogen (secondary N) is 2. The number of hydrogen-bond acceptors (Lipinski definition) is 1. The molecule has 2 aromatic rings. The van der Waals surface area contributed by atoms with Gasteiger partial charge in [-0.05, 0) is 30.5 Å². The Morgan fingerprint density at radius 1 is 1.24 bits per heavy atom. The molecule has 0 saturated heterocycles. The third-order valence-corrected chi connectivity index (χ3v) is 3.49. The topological polar surface area (TPSA) is 27.8 Å². The molecule has 1 heterocycles. The van der Waals surface area contributed by atoms with Crippen LogP contribution in [-0.4, -0.2) is 18.1 Å². The van der Waals surface area contributed by atoms with E-state index in [4.69, 9.17) is 0 Å². The van der Waals surface area contributed by atoms with E-state index in [1.807, 2.05) is 7.05 Å². The summed E-state index contributed by atoms with van der Waals surface area (Å²) in [5, 5.41) is 4.78. The number of likely N-dealkylation sites (N-methyl/N-ethyl adjacent to an activating group) is 1. The fourth-order valence-electron chi connectivity index (χ4n) is 2.36. The highest BCUT2D eigenvalue weighted by atomic mass is 14.9. The van der Waals surface area contributed by atoms with Crippen molar-refractivity contribution < 1.29 is 0 Å². The molecule has 17 heavy (non-hydrogen) atoms. The molecule has 92 valence electrons. The molecule has 0 radical (unpaired) electrons. The molecule has 2 rings (SSSR count). The lowest BCUT2D eigenvalue weighted by molar-refractivity contribution is 0.280. The van der Waals surface area contributed by atoms with Gasteiger partial charge in [0.1, 0.15) is 0 Å². The number of H-pyrrole nitrogens is 1. The number of hydrogen-bond donors (Lipinski definition) is 2. The first-order chi connectivity index (χ1) is 8.02. The molecule has 1 unspecified atom stereocenters. The lowest BCUT2D eigenvalue weighted by atomic mass is 9.83. The fraction of sp³-hybridized carbons (Fsp3) is 0.467. The Balaban J connectivity index is 2.29. The second-order valence-electron chi connectivity index (χ2n) is 5.77. The molecule has 1 atom stereocenters. The van der Waals surface area contributed by atoms with Crippen LogP contribution in [0.4, 0.5) is 0 Å². The third kappa shape index (κ3) is 2.52. The molecule has 0 amide bonds. The number of para-hydroxylation sites is 1. The molecular weight excluding hydrogens is 208 g/mol. The highest BCUT2D eigenvalue weighted by Gasteiger charge is 2.23. The van der Waals surface area contributed by atoms with E-state index in [0.29, 0.717) is 6.04 Å². The highest BCUT2D eigenvalue weighted by molar-refractivity contribution is 5.83. The van der Waals surface area contributed by atoms with Crippen molar-refractivity contribution in [1.82, 2.24) is 10.3 Å². The predicted molar refractivity (Wildman–Crippen MR) is 74.3 cm³/mol. The molecule has 2 nitrogen and oxygen atoms in total. The summed E-state index contributed by atoms with van der Waals surface area (Å²) in [5.74, 6) is 0. The lowest BCUT2D eigenvalue weighted by Gasteiger charge is -2.30. The van der Waals surface area contributed by atoms with E-state index in [-0.39, 0.29) is 5.41 Å². The summed E-state index contributed by atoms with van der Waals surface area (Å²) in [6.45, 7) is 6.84. The van der Waals surface area contributed by atoms with Crippen molar-refractivity contribution in [2.45, 2.75) is 33.2 Å². The van der Waals surface area contributed by atoms with Crippen LogP contribution in [-0.2, 0) is 6.42 Å². The number of aromatic nitrogens is 1. The molecule has 1 aromatic carbocycles. The first-order valence-electron chi connectivity index (χ1n) is 6.24. The lowest BCUT2D eigenvalue weighted by Crippen LogP contribution is -2.39. The average Bonchev–Trinajstić information content (AvgIpc) is 2.67. The summed E-state index contributed by atoms with van der Waals surface area (Å²) in [6.07, 6.45) is 3.20. The van der Waals surface area contributed by atoms with Crippen LogP contribution in [0.1, 0.15) is 26.3 Å². The van der Waals surface area contributed by atoms with Crippen molar-refractivity contribution in [3.63, 3.8) is 0 Å². The van der Waals surface area contributed by atoms with Gasteiger partial charge >= 0.3 is 0 Å². The second kappa shape index (κ2) is 4.53. The summed E-state index contributed by atoms with van der Waals surface area (Å²) in [7, 11) is 2.05. The van der Waals surface area contributed by atoms with Crippen molar-refractivity contribution >= 4 is 10.9 Å². The first-order valence-corrected chi connectivity index (χ1v) is 6.24. The maximum Gasteiger partial charge on any atom is 0.0456 e. The fourth-order valence-corrected chi connectivity index (χ4v) is 2.36. The molecule has 2 heteroatoms. The van der Waals surface area contributed by atoms with Gasteiger partial charge in [-0.25, -0.2) is 0 Å². The summed E-state index contributed by atoms with van der Waals surface area (Å²) in [4.78, 5) is 3.34. The van der Waals surface area contributed by atoms with Crippen LogP contribution >= 0.6 is 0 Å². The van der Waals surface area contributed by atoms with Gasteiger partial charge in [0.15, 0.2) is 0 Å². The Bertz CT molecular complexity index is 491. The molecule has 0 bridgehead atoms. The van der Waals surface area contributed by atoms with E-state index in [9.17, 15) is 0 Å². The molecule has 0 fully saturated rings. The zero-order valence-electron chi connectivity index (χ0n) is 11.2. The average molecular weight is 230 g/mol. The smallest absolute Gasteiger partial charge is 0.0456 e. The molecule has 0 spiro atoms. The minimum absolute atomic E-state index is 0.271. The Labute approximate surface area is 103 Å². The Kier molecular flexibility index (Phi) is 3.25. The van der Waals surface area contributed by atoms with E-state index in [0.717, 1.165) is 6.42 Å². The summed E-state index contributed by atoms with van der Waals surface area (Å²) in [6, 6.07) is 8.98. The zero-order valence-corrected chi connectivity index (χ0v) is 11.2. The van der Waals surface area contributed by atoms with Crippen LogP contribution in [0.15, 0.2) is 30.5 Å². The van der Waals surface area contributed by atoms with Crippen LogP contribution in [0.5, 0.6) is 0 Å². The van der Waals surface area contributed by atoms with Gasteiger partial charge in [-0.3, -0.25) is 0 Å². The number of aromatic amines is 1. The van der Waals surface area contributed by atoms with Crippen LogP contribution in [0, 0.1) is 5.41 Å². The Hall–Kier alpha value is -1.28. The third-order valence-electron chi connectivity index (χ3n) is 3.49. The molecule has 0 saturated carbocycles. The molecular formula is C15H22N2. The second-order valence-corrected chi connectivity index (χ2v) is 5.77. The van der Waals surface area contributed by atoms with Crippen LogP contribution in [0.3, 0.4) is 0 Å². The largest absolute Gasteiger partial charge is 0.361 e. The van der Waals surface area contributed by atoms with Gasteiger partial charge in [-0.15, -0.1) is 0 Å². The quantitative estimate of drug-likeness (QED) is 0.831. The van der Waals surface area contributed by atoms with Crippen molar-refractivity contribution in [3.05, 3.63) is 36.0 Å². The number of rotatable bonds is 3. The summed E-state index contributed by atoms with van der Waals surface area (Å²) in [5.41, 5.74) is 2.90. The van der Waals surface area contributed by atoms with E-state index in [1.54, 1.807) is 0 Å². The van der Waals surface area contributed by atoms with Gasteiger partial charge in [0.25, 0.3) is 0 Å². The normalized spacial score (nSPS) is 14.1. The van der Waals surface area contributed by atoms with Crippen LogP contribution in [0.2, 0.25) is 0 Å². The maximum absolute atomic E-state index is 3.43. The van der Waals surface area contributed by atoms with Crippen molar-refractivity contribution in [1.29, 1.82) is 0 Å². The summed E-state index contributed by atoms with van der Waals surface area (Å²) < 4.78 is 0. The van der Waals surface area contributed by atoms with Crippen LogP contribution < -0.4 is 5.32 Å². The van der Waals surface area contributed by atoms with Gasteiger partial charge in [-0.1, -0.05) is 39.0 Å². The van der Waals surface area contributed by atoms with E-state index in [1.165, 1.54) is 16.5 Å². The highest BCUT2D eigenvalue weighted by Crippen LogP contribution is 2.25. The van der Waals surface area contributed by atoms with Crippen LogP contribution in [0.25, 0.3) is 10.9 Å². The number of benzene rings is 1. The van der Waals surface area contributed by atoms with Crippen molar-refractivity contribution in [2.75, 3.05) is 7.05 Å². The minimum atomic E-state index is 0.271. The van der Waals surface area contributed by atoms with E-state index < -0.39 is 0 Å². The standard InChI is InChI=1S/C15H22N2/c1-15(2,3)14(16-4)9-11-10-17-13-8-6-5-7-12(11)13/h5-8,10,14,16-17H,9H2,1-4H3. The maximum atomic E-state index is 3.43. The van der Waals surface area contributed by atoms with E-state index in [2.05, 4.69) is 61.5 Å². The predicted octanol–water partition coefficient (Wildman–Crippen LogP) is 3.34. The summed E-state index contributed by atoms with van der Waals surface area (Å²) >= 11 is 0. The Morgan fingerprint density at radius 2 is 1.94 bits per heavy atom. The minimum Gasteiger partial charge on any atom is -0.361 e. The van der Waals surface area contributed by atoms with Gasteiger partial charge in [0.2, 0.25) is 0 Å². The molecule has 0 aliphatic rings. The first kappa shape index (κ1) is 12.2.